The number of nitrogens with zero attached hydrogens (tertiary/aromatic N) is 1. The van der Waals surface area contributed by atoms with Gasteiger partial charge in [-0.1, -0.05) is 24.3 Å². The summed E-state index contributed by atoms with van der Waals surface area (Å²) in [5, 5.41) is 10.5. The van der Waals surface area contributed by atoms with Crippen LogP contribution in [0.15, 0.2) is 51.9 Å². The molecular formula is C22H26N4O3. The number of nitrogens with one attached hydrogen (secondary N) is 3. The monoisotopic (exact) mass is 394 g/mol. The smallest absolute Gasteiger partial charge is 0.221 e. The Labute approximate surface area is 170 Å². The maximum atomic E-state index is 11.4. The van der Waals surface area contributed by atoms with Gasteiger partial charge in [0, 0.05) is 31.5 Å². The molecule has 3 rings (SSSR count). The number of benzene rings is 2. The molecule has 0 aliphatic heterocycles. The lowest BCUT2D eigenvalue weighted by atomic mass is 10.1. The molecule has 0 spiro atoms. The summed E-state index contributed by atoms with van der Waals surface area (Å²) in [5.41, 5.74) is 3.63. The maximum absolute atomic E-state index is 11.4. The summed E-state index contributed by atoms with van der Waals surface area (Å²) in [6.07, 6.45) is 0. The fraction of sp³-hybridized carbons (Fsp3) is 0.273. The number of guanidine groups is 1. The van der Waals surface area contributed by atoms with Gasteiger partial charge in [-0.3, -0.25) is 9.79 Å². The molecule has 0 saturated heterocycles. The molecule has 0 saturated carbocycles. The molecule has 3 N–H and O–H groups in total. The van der Waals surface area contributed by atoms with Crippen molar-refractivity contribution in [1.82, 2.24) is 10.6 Å². The Bertz CT molecular complexity index is 1040. The number of aliphatic imine (C=N–C) groups is 1. The van der Waals surface area contributed by atoms with Crippen molar-refractivity contribution in [1.29, 1.82) is 0 Å². The van der Waals surface area contributed by atoms with Crippen molar-refractivity contribution in [3.05, 3.63) is 59.4 Å². The van der Waals surface area contributed by atoms with E-state index in [0.29, 0.717) is 30.5 Å². The summed E-state index contributed by atoms with van der Waals surface area (Å²) >= 11 is 0. The number of para-hydroxylation sites is 1. The Morgan fingerprint density at radius 1 is 1.14 bits per heavy atom. The number of hydrogen-bond acceptors (Lipinski definition) is 4. The van der Waals surface area contributed by atoms with Gasteiger partial charge in [0.2, 0.25) is 5.91 Å². The molecule has 0 aliphatic carbocycles. The van der Waals surface area contributed by atoms with Gasteiger partial charge in [-0.2, -0.15) is 0 Å². The normalized spacial score (nSPS) is 11.4. The molecule has 1 aromatic heterocycles. The van der Waals surface area contributed by atoms with Crippen LogP contribution in [-0.4, -0.2) is 26.0 Å². The van der Waals surface area contributed by atoms with Gasteiger partial charge in [0.05, 0.1) is 19.3 Å². The Kier molecular flexibility index (Phi) is 6.39. The average molecular weight is 394 g/mol. The summed E-state index contributed by atoms with van der Waals surface area (Å²) in [6, 6.07) is 13.6. The number of amides is 1. The highest BCUT2D eigenvalue weighted by atomic mass is 16.5. The predicted octanol–water partition coefficient (Wildman–Crippen LogP) is 3.57. The first-order chi connectivity index (χ1) is 14.0. The molecule has 1 heterocycles. The molecule has 3 aromatic rings. The molecule has 0 unspecified atom stereocenters. The fourth-order valence-corrected chi connectivity index (χ4v) is 3.12. The third-order valence-corrected chi connectivity index (χ3v) is 4.62. The summed E-state index contributed by atoms with van der Waals surface area (Å²) in [7, 11) is 3.29. The van der Waals surface area contributed by atoms with E-state index in [4.69, 9.17) is 9.15 Å². The highest BCUT2D eigenvalue weighted by molar-refractivity contribution is 5.90. The van der Waals surface area contributed by atoms with E-state index in [9.17, 15) is 4.79 Å². The second-order valence-corrected chi connectivity index (χ2v) is 6.64. The number of fused-ring (bicyclic) bond motifs is 1. The molecular weight excluding hydrogens is 368 g/mol. The van der Waals surface area contributed by atoms with Crippen molar-refractivity contribution in [3.63, 3.8) is 0 Å². The Hall–Kier alpha value is -3.48. The third kappa shape index (κ3) is 4.87. The van der Waals surface area contributed by atoms with Crippen molar-refractivity contribution in [3.8, 4) is 5.75 Å². The molecule has 0 aliphatic rings. The van der Waals surface area contributed by atoms with Crippen LogP contribution in [0.4, 0.5) is 5.69 Å². The standard InChI is InChI=1S/C22H26N4O3/c1-14-17-7-5-6-8-19(17)29-21(14)13-25-22(23-3)24-12-16-9-10-20(28-4)18(11-16)26-15(2)27/h5-11H,12-13H2,1-4H3,(H,26,27)(H2,23,24,25). The molecule has 0 fully saturated rings. The zero-order valence-corrected chi connectivity index (χ0v) is 17.1. The molecule has 7 nitrogen and oxygen atoms in total. The number of rotatable bonds is 6. The van der Waals surface area contributed by atoms with E-state index in [1.54, 1.807) is 14.2 Å². The first kappa shape index (κ1) is 20.3. The number of aryl methyl sites for hydroxylation is 1. The fourth-order valence-electron chi connectivity index (χ4n) is 3.12. The van der Waals surface area contributed by atoms with Crippen LogP contribution < -0.4 is 20.7 Å². The highest BCUT2D eigenvalue weighted by Crippen LogP contribution is 2.26. The Morgan fingerprint density at radius 3 is 2.59 bits per heavy atom. The zero-order valence-electron chi connectivity index (χ0n) is 17.1. The van der Waals surface area contributed by atoms with Crippen LogP contribution in [-0.2, 0) is 17.9 Å². The molecule has 29 heavy (non-hydrogen) atoms. The topological polar surface area (TPSA) is 87.9 Å². The summed E-state index contributed by atoms with van der Waals surface area (Å²) in [6.45, 7) is 4.59. The van der Waals surface area contributed by atoms with E-state index in [1.165, 1.54) is 6.92 Å². The van der Waals surface area contributed by atoms with Crippen molar-refractivity contribution in [2.24, 2.45) is 4.99 Å². The zero-order chi connectivity index (χ0) is 20.8. The summed E-state index contributed by atoms with van der Waals surface area (Å²) in [5.74, 6) is 2.01. The molecule has 1 amide bonds. The molecule has 0 radical (unpaired) electrons. The summed E-state index contributed by atoms with van der Waals surface area (Å²) in [4.78, 5) is 15.7. The van der Waals surface area contributed by atoms with Gasteiger partial charge in [-0.25, -0.2) is 0 Å². The molecule has 0 atom stereocenters. The van der Waals surface area contributed by atoms with Crippen molar-refractivity contribution in [2.75, 3.05) is 19.5 Å². The van der Waals surface area contributed by atoms with Gasteiger partial charge in [-0.15, -0.1) is 0 Å². The van der Waals surface area contributed by atoms with Crippen LogP contribution >= 0.6 is 0 Å². The minimum atomic E-state index is -0.146. The van der Waals surface area contributed by atoms with Gasteiger partial charge < -0.3 is 25.1 Å². The SMILES string of the molecule is CN=C(NCc1ccc(OC)c(NC(C)=O)c1)NCc1oc2ccccc2c1C. The number of carbonyl (C=O) groups is 1. The van der Waals surface area contributed by atoms with Crippen LogP contribution in [0.2, 0.25) is 0 Å². The van der Waals surface area contributed by atoms with Crippen molar-refractivity contribution >= 4 is 28.5 Å². The number of hydrogen-bond donors (Lipinski definition) is 3. The van der Waals surface area contributed by atoms with Crippen LogP contribution in [0.1, 0.15) is 23.8 Å². The van der Waals surface area contributed by atoms with E-state index in [0.717, 1.165) is 27.9 Å². The van der Waals surface area contributed by atoms with Gasteiger partial charge in [0.15, 0.2) is 5.96 Å². The van der Waals surface area contributed by atoms with Crippen molar-refractivity contribution < 1.29 is 13.9 Å². The molecule has 2 aromatic carbocycles. The Balaban J connectivity index is 1.63. The third-order valence-electron chi connectivity index (χ3n) is 4.62. The van der Waals surface area contributed by atoms with Crippen LogP contribution in [0.3, 0.4) is 0 Å². The quantitative estimate of drug-likeness (QED) is 0.439. The van der Waals surface area contributed by atoms with Gasteiger partial charge in [-0.05, 0) is 30.7 Å². The minimum absolute atomic E-state index is 0.146. The largest absolute Gasteiger partial charge is 0.495 e. The predicted molar refractivity (Wildman–Crippen MR) is 115 cm³/mol. The lowest BCUT2D eigenvalue weighted by Gasteiger charge is -2.14. The second kappa shape index (κ2) is 9.14. The van der Waals surface area contributed by atoms with Gasteiger partial charge in [0.1, 0.15) is 17.1 Å². The van der Waals surface area contributed by atoms with E-state index in [-0.39, 0.29) is 5.91 Å². The van der Waals surface area contributed by atoms with E-state index < -0.39 is 0 Å². The average Bonchev–Trinajstić information content (AvgIpc) is 3.04. The number of carbonyl (C=O) groups excluding carboxylic acids is 1. The lowest BCUT2D eigenvalue weighted by molar-refractivity contribution is -0.114. The van der Waals surface area contributed by atoms with Gasteiger partial charge >= 0.3 is 0 Å². The van der Waals surface area contributed by atoms with E-state index >= 15 is 0 Å². The lowest BCUT2D eigenvalue weighted by Crippen LogP contribution is -2.36. The molecule has 7 heteroatoms. The van der Waals surface area contributed by atoms with Gasteiger partial charge in [0.25, 0.3) is 0 Å². The van der Waals surface area contributed by atoms with E-state index in [1.807, 2.05) is 36.4 Å². The number of furan rings is 1. The minimum Gasteiger partial charge on any atom is -0.495 e. The van der Waals surface area contributed by atoms with Crippen LogP contribution in [0.5, 0.6) is 5.75 Å². The second-order valence-electron chi connectivity index (χ2n) is 6.64. The van der Waals surface area contributed by atoms with Crippen LogP contribution in [0, 0.1) is 6.92 Å². The van der Waals surface area contributed by atoms with E-state index in [2.05, 4.69) is 33.9 Å². The number of ether oxygens (including phenoxy) is 1. The molecule has 152 valence electrons. The maximum Gasteiger partial charge on any atom is 0.221 e. The highest BCUT2D eigenvalue weighted by Gasteiger charge is 2.11. The first-order valence-corrected chi connectivity index (χ1v) is 9.38. The van der Waals surface area contributed by atoms with Crippen molar-refractivity contribution in [2.45, 2.75) is 26.9 Å². The number of methoxy groups -OCH3 is 1. The van der Waals surface area contributed by atoms with Crippen LogP contribution in [0.25, 0.3) is 11.0 Å². The number of anilines is 1. The molecule has 0 bridgehead atoms. The first-order valence-electron chi connectivity index (χ1n) is 9.38. The Morgan fingerprint density at radius 2 is 1.90 bits per heavy atom. The summed E-state index contributed by atoms with van der Waals surface area (Å²) < 4.78 is 11.2.